The van der Waals surface area contributed by atoms with Gasteiger partial charge in [-0.25, -0.2) is 0 Å². The molecule has 0 aromatic heterocycles. The second-order valence-electron chi connectivity index (χ2n) is 4.22. The van der Waals surface area contributed by atoms with Crippen molar-refractivity contribution >= 4 is 5.91 Å². The van der Waals surface area contributed by atoms with Crippen LogP contribution in [0.1, 0.15) is 33.6 Å². The number of alkyl halides is 3. The summed E-state index contributed by atoms with van der Waals surface area (Å²) in [5, 5.41) is 12.3. The van der Waals surface area contributed by atoms with Crippen molar-refractivity contribution in [2.24, 2.45) is 0 Å². The van der Waals surface area contributed by atoms with Crippen LogP contribution in [0.2, 0.25) is 0 Å². The molecule has 108 valence electrons. The van der Waals surface area contributed by atoms with Crippen LogP contribution in [-0.2, 0) is 9.53 Å². The molecule has 0 aromatic carbocycles. The molecule has 18 heavy (non-hydrogen) atoms. The molecular weight excluding hydrogens is 251 g/mol. The number of halogens is 3. The van der Waals surface area contributed by atoms with Crippen molar-refractivity contribution in [3.8, 4) is 0 Å². The SMILES string of the molecule is CCC(O)(CC)CNC(=O)C(C)OCC(F)(F)F. The Morgan fingerprint density at radius 1 is 1.33 bits per heavy atom. The van der Waals surface area contributed by atoms with Crippen LogP contribution in [0, 0.1) is 0 Å². The van der Waals surface area contributed by atoms with Crippen LogP contribution in [0.15, 0.2) is 0 Å². The summed E-state index contributed by atoms with van der Waals surface area (Å²) in [5.74, 6) is -0.667. The van der Waals surface area contributed by atoms with E-state index < -0.39 is 30.4 Å². The van der Waals surface area contributed by atoms with E-state index in [2.05, 4.69) is 10.1 Å². The first-order chi connectivity index (χ1) is 8.13. The summed E-state index contributed by atoms with van der Waals surface area (Å²) in [7, 11) is 0. The van der Waals surface area contributed by atoms with Gasteiger partial charge >= 0.3 is 6.18 Å². The quantitative estimate of drug-likeness (QED) is 0.739. The minimum Gasteiger partial charge on any atom is -0.388 e. The molecule has 4 nitrogen and oxygen atoms in total. The van der Waals surface area contributed by atoms with Gasteiger partial charge in [0.25, 0.3) is 0 Å². The van der Waals surface area contributed by atoms with E-state index in [0.717, 1.165) is 0 Å². The molecule has 0 spiro atoms. The molecular formula is C11H20F3NO3. The Morgan fingerprint density at radius 3 is 2.22 bits per heavy atom. The van der Waals surface area contributed by atoms with Crippen molar-refractivity contribution < 1.29 is 27.8 Å². The smallest absolute Gasteiger partial charge is 0.388 e. The Labute approximate surface area is 105 Å². The molecule has 0 aliphatic carbocycles. The summed E-state index contributed by atoms with van der Waals surface area (Å²) in [5.41, 5.74) is -1.03. The van der Waals surface area contributed by atoms with Gasteiger partial charge in [-0.3, -0.25) is 4.79 Å². The van der Waals surface area contributed by atoms with Gasteiger partial charge in [0.2, 0.25) is 5.91 Å². The molecule has 0 aliphatic heterocycles. The number of aliphatic hydroxyl groups is 1. The Balaban J connectivity index is 4.09. The van der Waals surface area contributed by atoms with E-state index in [1.165, 1.54) is 6.92 Å². The summed E-state index contributed by atoms with van der Waals surface area (Å²) in [4.78, 5) is 11.4. The number of ether oxygens (including phenoxy) is 1. The first-order valence-corrected chi connectivity index (χ1v) is 5.82. The first-order valence-electron chi connectivity index (χ1n) is 5.82. The van der Waals surface area contributed by atoms with Gasteiger partial charge in [0, 0.05) is 6.54 Å². The molecule has 0 bridgehead atoms. The topological polar surface area (TPSA) is 58.6 Å². The van der Waals surface area contributed by atoms with E-state index in [4.69, 9.17) is 0 Å². The van der Waals surface area contributed by atoms with Crippen LogP contribution in [0.4, 0.5) is 13.2 Å². The van der Waals surface area contributed by atoms with Gasteiger partial charge in [-0.2, -0.15) is 13.2 Å². The molecule has 0 fully saturated rings. The van der Waals surface area contributed by atoms with E-state index >= 15 is 0 Å². The lowest BCUT2D eigenvalue weighted by molar-refractivity contribution is -0.185. The molecule has 1 amide bonds. The minimum atomic E-state index is -4.46. The summed E-state index contributed by atoms with van der Waals surface area (Å²) in [6.45, 7) is 3.29. The van der Waals surface area contributed by atoms with Crippen LogP contribution in [0.3, 0.4) is 0 Å². The molecule has 0 saturated carbocycles. The molecule has 0 radical (unpaired) electrons. The van der Waals surface area contributed by atoms with Crippen molar-refractivity contribution in [1.29, 1.82) is 0 Å². The number of carbonyl (C=O) groups excluding carboxylic acids is 1. The van der Waals surface area contributed by atoms with Crippen molar-refractivity contribution in [1.82, 2.24) is 5.32 Å². The van der Waals surface area contributed by atoms with Crippen molar-refractivity contribution in [3.63, 3.8) is 0 Å². The molecule has 0 rings (SSSR count). The average molecular weight is 271 g/mol. The van der Waals surface area contributed by atoms with Crippen LogP contribution in [0.5, 0.6) is 0 Å². The van der Waals surface area contributed by atoms with Crippen LogP contribution >= 0.6 is 0 Å². The third-order valence-electron chi connectivity index (χ3n) is 2.77. The first kappa shape index (κ1) is 17.2. The Kier molecular flexibility index (Phi) is 6.62. The second-order valence-corrected chi connectivity index (χ2v) is 4.22. The number of carbonyl (C=O) groups is 1. The zero-order valence-electron chi connectivity index (χ0n) is 10.8. The highest BCUT2D eigenvalue weighted by Gasteiger charge is 2.30. The molecule has 0 saturated heterocycles. The normalized spacial score (nSPS) is 14.4. The van der Waals surface area contributed by atoms with Gasteiger partial charge < -0.3 is 15.2 Å². The van der Waals surface area contributed by atoms with E-state index in [-0.39, 0.29) is 6.54 Å². The zero-order chi connectivity index (χ0) is 14.4. The largest absolute Gasteiger partial charge is 0.411 e. The van der Waals surface area contributed by atoms with Gasteiger partial charge in [0.05, 0.1) is 5.60 Å². The maximum Gasteiger partial charge on any atom is 0.411 e. The Hall–Kier alpha value is -0.820. The van der Waals surface area contributed by atoms with E-state index in [1.807, 2.05) is 0 Å². The van der Waals surface area contributed by atoms with Crippen molar-refractivity contribution in [3.05, 3.63) is 0 Å². The third-order valence-corrected chi connectivity index (χ3v) is 2.77. The van der Waals surface area contributed by atoms with E-state index in [1.54, 1.807) is 13.8 Å². The van der Waals surface area contributed by atoms with Crippen LogP contribution in [-0.4, -0.2) is 42.0 Å². The lowest BCUT2D eigenvalue weighted by atomic mass is 9.97. The standard InChI is InChI=1S/C11H20F3NO3/c1-4-10(17,5-2)6-15-9(16)8(3)18-7-11(12,13)14/h8,17H,4-7H2,1-3H3,(H,15,16). The fraction of sp³-hybridized carbons (Fsp3) is 0.909. The molecule has 2 N–H and O–H groups in total. The molecule has 1 unspecified atom stereocenters. The number of rotatable bonds is 7. The number of hydrogen-bond donors (Lipinski definition) is 2. The zero-order valence-corrected chi connectivity index (χ0v) is 10.8. The predicted octanol–water partition coefficient (Wildman–Crippen LogP) is 1.62. The maximum absolute atomic E-state index is 11.9. The van der Waals surface area contributed by atoms with Gasteiger partial charge in [-0.15, -0.1) is 0 Å². The molecule has 0 aliphatic rings. The number of hydrogen-bond acceptors (Lipinski definition) is 3. The lowest BCUT2D eigenvalue weighted by Gasteiger charge is -2.26. The number of nitrogens with one attached hydrogen (secondary N) is 1. The van der Waals surface area contributed by atoms with Gasteiger partial charge in [0.15, 0.2) is 0 Å². The maximum atomic E-state index is 11.9. The third kappa shape index (κ3) is 6.80. The Morgan fingerprint density at radius 2 is 1.83 bits per heavy atom. The van der Waals surface area contributed by atoms with E-state index in [9.17, 15) is 23.1 Å². The molecule has 0 aromatic rings. The van der Waals surface area contributed by atoms with Crippen molar-refractivity contribution in [2.75, 3.05) is 13.2 Å². The van der Waals surface area contributed by atoms with Gasteiger partial charge in [0.1, 0.15) is 12.7 Å². The van der Waals surface area contributed by atoms with Crippen LogP contribution in [0.25, 0.3) is 0 Å². The number of amides is 1. The van der Waals surface area contributed by atoms with Crippen molar-refractivity contribution in [2.45, 2.75) is 51.5 Å². The summed E-state index contributed by atoms with van der Waals surface area (Å²) in [6, 6.07) is 0. The van der Waals surface area contributed by atoms with Gasteiger partial charge in [-0.05, 0) is 19.8 Å². The molecule has 0 heterocycles. The highest BCUT2D eigenvalue weighted by molar-refractivity contribution is 5.80. The highest BCUT2D eigenvalue weighted by atomic mass is 19.4. The highest BCUT2D eigenvalue weighted by Crippen LogP contribution is 2.16. The molecule has 1 atom stereocenters. The monoisotopic (exact) mass is 271 g/mol. The van der Waals surface area contributed by atoms with Gasteiger partial charge in [-0.1, -0.05) is 13.8 Å². The average Bonchev–Trinajstić information content (AvgIpc) is 2.31. The predicted molar refractivity (Wildman–Crippen MR) is 60.0 cm³/mol. The minimum absolute atomic E-state index is 0.00144. The summed E-state index contributed by atoms with van der Waals surface area (Å²) >= 11 is 0. The van der Waals surface area contributed by atoms with E-state index in [0.29, 0.717) is 12.8 Å². The second kappa shape index (κ2) is 6.94. The summed E-state index contributed by atoms with van der Waals surface area (Å²) < 4.78 is 40.0. The fourth-order valence-electron chi connectivity index (χ4n) is 1.19. The fourth-order valence-corrected chi connectivity index (χ4v) is 1.19. The molecule has 7 heteroatoms. The Bertz CT molecular complexity index is 265. The van der Waals surface area contributed by atoms with Crippen LogP contribution < -0.4 is 5.32 Å². The lowest BCUT2D eigenvalue weighted by Crippen LogP contribution is -2.45. The summed E-state index contributed by atoms with van der Waals surface area (Å²) in [6.07, 6.45) is -4.77.